The van der Waals surface area contributed by atoms with Crippen LogP contribution in [0.2, 0.25) is 0 Å². The Balaban J connectivity index is 2.33. The maximum absolute atomic E-state index is 12.7. The molecule has 0 amide bonds. The maximum Gasteiger partial charge on any atom is 0.453 e. The van der Waals surface area contributed by atoms with E-state index in [1.807, 2.05) is 6.92 Å². The summed E-state index contributed by atoms with van der Waals surface area (Å²) in [5.41, 5.74) is 0.0391. The zero-order chi connectivity index (χ0) is 14.0. The van der Waals surface area contributed by atoms with Crippen molar-refractivity contribution in [3.63, 3.8) is 0 Å². The van der Waals surface area contributed by atoms with Crippen molar-refractivity contribution in [2.45, 2.75) is 19.1 Å². The maximum atomic E-state index is 12.7. The Morgan fingerprint density at radius 3 is 2.74 bits per heavy atom. The zero-order valence-electron chi connectivity index (χ0n) is 10.3. The van der Waals surface area contributed by atoms with E-state index in [0.717, 1.165) is 0 Å². The van der Waals surface area contributed by atoms with Crippen LogP contribution in [0.3, 0.4) is 0 Å². The van der Waals surface area contributed by atoms with Gasteiger partial charge in [0.05, 0.1) is 6.61 Å². The van der Waals surface area contributed by atoms with Crippen molar-refractivity contribution < 1.29 is 17.9 Å². The summed E-state index contributed by atoms with van der Waals surface area (Å²) in [6.45, 7) is 2.24. The highest BCUT2D eigenvalue weighted by Crippen LogP contribution is 2.27. The second kappa shape index (κ2) is 5.00. The van der Waals surface area contributed by atoms with Crippen molar-refractivity contribution >= 4 is 11.5 Å². The lowest BCUT2D eigenvalue weighted by Crippen LogP contribution is -2.22. The molecule has 0 aliphatic rings. The number of anilines is 1. The van der Waals surface area contributed by atoms with E-state index < -0.39 is 12.0 Å². The summed E-state index contributed by atoms with van der Waals surface area (Å²) >= 11 is 0. The molecule has 0 saturated carbocycles. The summed E-state index contributed by atoms with van der Waals surface area (Å²) in [5.74, 6) is -0.854. The van der Waals surface area contributed by atoms with Crippen molar-refractivity contribution in [2.75, 3.05) is 19.0 Å². The van der Waals surface area contributed by atoms with Crippen LogP contribution in [-0.2, 0) is 10.9 Å². The third-order valence-corrected chi connectivity index (χ3v) is 2.33. The first-order valence-electron chi connectivity index (χ1n) is 5.47. The summed E-state index contributed by atoms with van der Waals surface area (Å²) in [6.07, 6.45) is -4.59. The van der Waals surface area contributed by atoms with Crippen LogP contribution in [-0.4, -0.2) is 39.6 Å². The van der Waals surface area contributed by atoms with Gasteiger partial charge in [0.25, 0.3) is 5.82 Å². The molecular formula is C10H12F3N5O. The smallest absolute Gasteiger partial charge is 0.383 e. The van der Waals surface area contributed by atoms with Crippen molar-refractivity contribution in [3.05, 3.63) is 18.0 Å². The molecule has 1 atom stereocenters. The van der Waals surface area contributed by atoms with E-state index in [1.165, 1.54) is 19.2 Å². The van der Waals surface area contributed by atoms with Gasteiger partial charge in [-0.15, -0.1) is 15.3 Å². The molecule has 6 nitrogen and oxygen atoms in total. The van der Waals surface area contributed by atoms with Gasteiger partial charge in [0.2, 0.25) is 0 Å². The Hall–Kier alpha value is -1.90. The predicted octanol–water partition coefficient (Wildman–Crippen LogP) is 1.59. The van der Waals surface area contributed by atoms with E-state index in [0.29, 0.717) is 16.9 Å². The molecule has 1 unspecified atom stereocenters. The minimum atomic E-state index is -4.59. The number of hydrogen-bond acceptors (Lipinski definition) is 5. The average Bonchev–Trinajstić information content (AvgIpc) is 2.71. The molecule has 2 aromatic rings. The normalized spacial score (nSPS) is 13.7. The Morgan fingerprint density at radius 2 is 2.11 bits per heavy atom. The molecule has 2 heterocycles. The SMILES string of the molecule is COCC(C)Nc1ccc2nnc(C(F)(F)F)n2n1. The van der Waals surface area contributed by atoms with Gasteiger partial charge in [0.15, 0.2) is 5.65 Å². The lowest BCUT2D eigenvalue weighted by molar-refractivity contribution is -0.146. The van der Waals surface area contributed by atoms with Crippen LogP contribution in [0.1, 0.15) is 12.7 Å². The van der Waals surface area contributed by atoms with Crippen LogP contribution in [0.25, 0.3) is 5.65 Å². The third kappa shape index (κ3) is 2.92. The van der Waals surface area contributed by atoms with Gasteiger partial charge in [-0.05, 0) is 19.1 Å². The number of aromatic nitrogens is 4. The standard InChI is InChI=1S/C10H12F3N5O/c1-6(5-19-2)14-7-3-4-8-15-16-9(10(11,12)13)18(8)17-7/h3-4,6H,5H2,1-2H3,(H,14,17). The Bertz CT molecular complexity index is 568. The molecule has 1 N–H and O–H groups in total. The number of methoxy groups -OCH3 is 1. The molecule has 0 aromatic carbocycles. The fraction of sp³-hybridized carbons (Fsp3) is 0.500. The van der Waals surface area contributed by atoms with Crippen molar-refractivity contribution in [1.29, 1.82) is 0 Å². The number of hydrogen-bond donors (Lipinski definition) is 1. The summed E-state index contributed by atoms with van der Waals surface area (Å²) in [6, 6.07) is 2.87. The molecule has 0 saturated heterocycles. The number of rotatable bonds is 4. The van der Waals surface area contributed by atoms with E-state index in [-0.39, 0.29) is 11.7 Å². The molecule has 0 spiro atoms. The van der Waals surface area contributed by atoms with E-state index in [2.05, 4.69) is 20.6 Å². The van der Waals surface area contributed by atoms with Crippen molar-refractivity contribution in [2.24, 2.45) is 0 Å². The molecule has 104 valence electrons. The van der Waals surface area contributed by atoms with E-state index in [4.69, 9.17) is 4.74 Å². The van der Waals surface area contributed by atoms with Gasteiger partial charge in [-0.3, -0.25) is 0 Å². The molecule has 0 aliphatic carbocycles. The van der Waals surface area contributed by atoms with E-state index >= 15 is 0 Å². The Kier molecular flexibility index (Phi) is 3.56. The van der Waals surface area contributed by atoms with Crippen LogP contribution in [0.4, 0.5) is 19.0 Å². The molecule has 2 rings (SSSR count). The Morgan fingerprint density at radius 1 is 1.37 bits per heavy atom. The quantitative estimate of drug-likeness (QED) is 0.918. The van der Waals surface area contributed by atoms with Crippen molar-refractivity contribution in [1.82, 2.24) is 19.8 Å². The largest absolute Gasteiger partial charge is 0.453 e. The Labute approximate surface area is 106 Å². The van der Waals surface area contributed by atoms with Crippen LogP contribution in [0, 0.1) is 0 Å². The first-order chi connectivity index (χ1) is 8.91. The van der Waals surface area contributed by atoms with Crippen LogP contribution in [0.5, 0.6) is 0 Å². The first-order valence-corrected chi connectivity index (χ1v) is 5.47. The number of alkyl halides is 3. The second-order valence-electron chi connectivity index (χ2n) is 4.01. The van der Waals surface area contributed by atoms with Gasteiger partial charge in [-0.25, -0.2) is 0 Å². The van der Waals surface area contributed by atoms with Gasteiger partial charge in [-0.1, -0.05) is 0 Å². The minimum absolute atomic E-state index is 0.0391. The highest BCUT2D eigenvalue weighted by Gasteiger charge is 2.37. The van der Waals surface area contributed by atoms with Gasteiger partial charge >= 0.3 is 6.18 Å². The molecule has 9 heteroatoms. The number of nitrogens with one attached hydrogen (secondary N) is 1. The van der Waals surface area contributed by atoms with Gasteiger partial charge in [0, 0.05) is 13.2 Å². The topological polar surface area (TPSA) is 64.3 Å². The van der Waals surface area contributed by atoms with Crippen LogP contribution < -0.4 is 5.32 Å². The highest BCUT2D eigenvalue weighted by molar-refractivity contribution is 5.44. The predicted molar refractivity (Wildman–Crippen MR) is 60.7 cm³/mol. The summed E-state index contributed by atoms with van der Waals surface area (Å²) in [7, 11) is 1.54. The van der Waals surface area contributed by atoms with Crippen molar-refractivity contribution in [3.8, 4) is 0 Å². The monoisotopic (exact) mass is 275 g/mol. The first kappa shape index (κ1) is 13.5. The molecular weight excluding hydrogens is 263 g/mol. The summed E-state index contributed by atoms with van der Waals surface area (Å²) in [4.78, 5) is 0. The third-order valence-electron chi connectivity index (χ3n) is 2.33. The summed E-state index contributed by atoms with van der Waals surface area (Å²) in [5, 5.41) is 13.3. The van der Waals surface area contributed by atoms with Crippen LogP contribution in [0.15, 0.2) is 12.1 Å². The lowest BCUT2D eigenvalue weighted by atomic mass is 10.3. The summed E-state index contributed by atoms with van der Waals surface area (Å²) < 4.78 is 43.6. The fourth-order valence-corrected chi connectivity index (χ4v) is 1.59. The van der Waals surface area contributed by atoms with E-state index in [1.54, 1.807) is 0 Å². The molecule has 0 aliphatic heterocycles. The number of nitrogens with zero attached hydrogens (tertiary/aromatic N) is 4. The van der Waals surface area contributed by atoms with Gasteiger partial charge < -0.3 is 10.1 Å². The molecule has 0 fully saturated rings. The number of fused-ring (bicyclic) bond motifs is 1. The highest BCUT2D eigenvalue weighted by atomic mass is 19.4. The minimum Gasteiger partial charge on any atom is -0.383 e. The lowest BCUT2D eigenvalue weighted by Gasteiger charge is -2.13. The van der Waals surface area contributed by atoms with E-state index in [9.17, 15) is 13.2 Å². The molecule has 19 heavy (non-hydrogen) atoms. The molecule has 0 radical (unpaired) electrons. The second-order valence-corrected chi connectivity index (χ2v) is 4.01. The average molecular weight is 275 g/mol. The van der Waals surface area contributed by atoms with Gasteiger partial charge in [0.1, 0.15) is 5.82 Å². The fourth-order valence-electron chi connectivity index (χ4n) is 1.59. The number of halogens is 3. The number of ether oxygens (including phenoxy) is 1. The van der Waals surface area contributed by atoms with Gasteiger partial charge in [-0.2, -0.15) is 17.7 Å². The zero-order valence-corrected chi connectivity index (χ0v) is 10.3. The molecule has 2 aromatic heterocycles. The molecule has 0 bridgehead atoms. The van der Waals surface area contributed by atoms with Crippen LogP contribution >= 0.6 is 0 Å².